The number of nitro benzene ring substituents is 1. The number of rotatable bonds is 5. The molecule has 1 radical (unpaired) electrons. The number of aromatic amines is 1. The van der Waals surface area contributed by atoms with Gasteiger partial charge >= 0.3 is 0 Å². The molecule has 0 unspecified atom stereocenters. The summed E-state index contributed by atoms with van der Waals surface area (Å²) in [5.74, 6) is 0. The molecule has 0 bridgehead atoms. The molecular weight excluding hydrogens is 440 g/mol. The van der Waals surface area contributed by atoms with Crippen molar-refractivity contribution in [3.8, 4) is 22.4 Å². The van der Waals surface area contributed by atoms with E-state index in [-0.39, 0.29) is 11.2 Å². The maximum absolute atomic E-state index is 12.6. The van der Waals surface area contributed by atoms with Crippen LogP contribution in [0.15, 0.2) is 83.7 Å². The topological polar surface area (TPSA) is 93.3 Å². The van der Waals surface area contributed by atoms with E-state index in [1.54, 1.807) is 22.7 Å². The van der Waals surface area contributed by atoms with E-state index in [1.165, 1.54) is 18.2 Å². The van der Waals surface area contributed by atoms with Gasteiger partial charge in [0.25, 0.3) is 11.2 Å². The average molecular weight is 456 g/mol. The Labute approximate surface area is 193 Å². The first-order valence-corrected chi connectivity index (χ1v) is 10.5. The summed E-state index contributed by atoms with van der Waals surface area (Å²) in [6, 6.07) is 25.8. The molecule has 0 saturated heterocycles. The molecule has 0 spiro atoms. The largest absolute Gasteiger partial charge is 0.306 e. The Morgan fingerprint density at radius 2 is 1.82 bits per heavy atom. The fourth-order valence-corrected chi connectivity index (χ4v) is 3.93. The molecule has 2 heterocycles. The zero-order valence-electron chi connectivity index (χ0n) is 17.2. The predicted octanol–water partition coefficient (Wildman–Crippen LogP) is 5.31. The van der Waals surface area contributed by atoms with Gasteiger partial charge in [0.2, 0.25) is 0 Å². The number of halogens is 1. The first-order valence-electron chi connectivity index (χ1n) is 10.1. The third kappa shape index (κ3) is 4.02. The molecule has 0 fully saturated rings. The fourth-order valence-electron chi connectivity index (χ4n) is 3.81. The quantitative estimate of drug-likeness (QED) is 0.287. The minimum atomic E-state index is -0.488. The van der Waals surface area contributed by atoms with Gasteiger partial charge in [0.1, 0.15) is 5.65 Å². The molecule has 1 N–H and O–H groups in total. The van der Waals surface area contributed by atoms with Crippen LogP contribution in [0.3, 0.4) is 0 Å². The number of nitrogens with one attached hydrogen (secondary N) is 1. The molecule has 5 aromatic rings. The van der Waals surface area contributed by atoms with E-state index in [4.69, 9.17) is 16.7 Å². The van der Waals surface area contributed by atoms with Crippen molar-refractivity contribution in [3.05, 3.63) is 122 Å². The van der Waals surface area contributed by atoms with E-state index in [9.17, 15) is 14.9 Å². The molecule has 0 aliphatic rings. The van der Waals surface area contributed by atoms with Crippen molar-refractivity contribution in [1.29, 1.82) is 0 Å². The summed E-state index contributed by atoms with van der Waals surface area (Å²) in [6.45, 7) is 0. The van der Waals surface area contributed by atoms with E-state index in [0.29, 0.717) is 28.3 Å². The van der Waals surface area contributed by atoms with Gasteiger partial charge in [-0.1, -0.05) is 54.1 Å². The maximum atomic E-state index is 12.6. The van der Waals surface area contributed by atoms with Crippen LogP contribution in [0.1, 0.15) is 11.3 Å². The molecule has 2 aromatic heterocycles. The van der Waals surface area contributed by atoms with Gasteiger partial charge in [-0.3, -0.25) is 14.9 Å². The van der Waals surface area contributed by atoms with Crippen molar-refractivity contribution in [1.82, 2.24) is 14.6 Å². The Balaban J connectivity index is 1.75. The molecule has 7 nitrogen and oxygen atoms in total. The molecular formula is C25H16ClN4O3. The molecule has 0 atom stereocenters. The second-order valence-corrected chi connectivity index (χ2v) is 7.92. The van der Waals surface area contributed by atoms with Gasteiger partial charge in [-0.2, -0.15) is 5.10 Å². The Morgan fingerprint density at radius 3 is 2.48 bits per heavy atom. The van der Waals surface area contributed by atoms with Crippen LogP contribution in [-0.4, -0.2) is 19.5 Å². The van der Waals surface area contributed by atoms with E-state index >= 15 is 0 Å². The van der Waals surface area contributed by atoms with Gasteiger partial charge in [0, 0.05) is 40.8 Å². The van der Waals surface area contributed by atoms with Crippen molar-refractivity contribution in [2.24, 2.45) is 0 Å². The summed E-state index contributed by atoms with van der Waals surface area (Å²) in [6.07, 6.45) is 0.548. The van der Waals surface area contributed by atoms with Crippen molar-refractivity contribution in [2.45, 2.75) is 6.42 Å². The van der Waals surface area contributed by atoms with Crippen LogP contribution < -0.4 is 5.56 Å². The van der Waals surface area contributed by atoms with Gasteiger partial charge in [0.05, 0.1) is 16.3 Å². The number of nitrogens with zero attached hydrogens (tertiary/aromatic N) is 3. The van der Waals surface area contributed by atoms with Crippen LogP contribution in [0, 0.1) is 16.2 Å². The highest BCUT2D eigenvalue weighted by Crippen LogP contribution is 2.32. The van der Waals surface area contributed by atoms with E-state index in [2.05, 4.69) is 11.1 Å². The lowest BCUT2D eigenvalue weighted by molar-refractivity contribution is -0.384. The normalized spacial score (nSPS) is 11.1. The zero-order valence-corrected chi connectivity index (χ0v) is 17.9. The lowest BCUT2D eigenvalue weighted by atomic mass is 10.0. The SMILES string of the molecule is O=c1cc(-c2[c]cc([N+](=O)[O-])cc2)n2nc(Cc3ccccc3)c(-c3ccc(Cl)cc3)c2[nH]1. The van der Waals surface area contributed by atoms with E-state index in [1.807, 2.05) is 42.5 Å². The summed E-state index contributed by atoms with van der Waals surface area (Å²) in [4.78, 5) is 26.1. The molecule has 161 valence electrons. The van der Waals surface area contributed by atoms with Crippen molar-refractivity contribution in [3.63, 3.8) is 0 Å². The molecule has 0 aliphatic heterocycles. The minimum absolute atomic E-state index is 0.0769. The highest BCUT2D eigenvalue weighted by molar-refractivity contribution is 6.30. The second kappa shape index (κ2) is 8.37. The summed E-state index contributed by atoms with van der Waals surface area (Å²) in [5.41, 5.74) is 4.63. The van der Waals surface area contributed by atoms with Crippen LogP contribution in [0.4, 0.5) is 5.69 Å². The number of benzene rings is 3. The summed E-state index contributed by atoms with van der Waals surface area (Å²) < 4.78 is 1.65. The number of hydrogen-bond acceptors (Lipinski definition) is 4. The highest BCUT2D eigenvalue weighted by atomic mass is 35.5. The predicted molar refractivity (Wildman–Crippen MR) is 126 cm³/mol. The first kappa shape index (κ1) is 20.7. The van der Waals surface area contributed by atoms with Crippen molar-refractivity contribution < 1.29 is 4.92 Å². The number of aromatic nitrogens is 3. The zero-order chi connectivity index (χ0) is 22.9. The van der Waals surface area contributed by atoms with Crippen molar-refractivity contribution in [2.75, 3.05) is 0 Å². The number of H-pyrrole nitrogens is 1. The Hall–Kier alpha value is -4.23. The third-order valence-corrected chi connectivity index (χ3v) is 5.58. The van der Waals surface area contributed by atoms with Gasteiger partial charge in [-0.05, 0) is 35.4 Å². The van der Waals surface area contributed by atoms with Crippen LogP contribution in [0.2, 0.25) is 5.02 Å². The van der Waals surface area contributed by atoms with Gasteiger partial charge < -0.3 is 4.98 Å². The van der Waals surface area contributed by atoms with E-state index < -0.39 is 4.92 Å². The lowest BCUT2D eigenvalue weighted by Gasteiger charge is -2.06. The molecule has 3 aromatic carbocycles. The standard InChI is InChI=1S/C25H16ClN4O3/c26-19-10-6-18(7-11-19)24-21(14-16-4-2-1-3-5-16)28-29-22(15-23(31)27-25(24)29)17-8-12-20(13-9-17)30(32)33/h1-8,10-13,15H,14H2,(H,27,31). The number of non-ortho nitro benzene ring substituents is 1. The highest BCUT2D eigenvalue weighted by Gasteiger charge is 2.19. The monoisotopic (exact) mass is 455 g/mol. The number of fused-ring (bicyclic) bond motifs is 1. The van der Waals surface area contributed by atoms with Crippen LogP contribution in [-0.2, 0) is 6.42 Å². The lowest BCUT2D eigenvalue weighted by Crippen LogP contribution is -2.10. The molecule has 0 aliphatic carbocycles. The Morgan fingerprint density at radius 1 is 1.06 bits per heavy atom. The minimum Gasteiger partial charge on any atom is -0.306 e. The molecule has 5 rings (SSSR count). The Kier molecular flexibility index (Phi) is 5.24. The van der Waals surface area contributed by atoms with Gasteiger partial charge in [-0.25, -0.2) is 4.52 Å². The second-order valence-electron chi connectivity index (χ2n) is 7.49. The summed E-state index contributed by atoms with van der Waals surface area (Å²) >= 11 is 6.10. The third-order valence-electron chi connectivity index (χ3n) is 5.33. The smallest absolute Gasteiger partial charge is 0.270 e. The summed E-state index contributed by atoms with van der Waals surface area (Å²) in [7, 11) is 0. The average Bonchev–Trinajstić information content (AvgIpc) is 3.17. The maximum Gasteiger partial charge on any atom is 0.270 e. The fraction of sp³-hybridized carbons (Fsp3) is 0.0400. The van der Waals surface area contributed by atoms with Crippen LogP contribution in [0.25, 0.3) is 28.0 Å². The summed E-state index contributed by atoms with van der Waals surface area (Å²) in [5, 5.41) is 16.5. The molecule has 0 saturated carbocycles. The van der Waals surface area contributed by atoms with Crippen LogP contribution in [0.5, 0.6) is 0 Å². The first-order chi connectivity index (χ1) is 16.0. The van der Waals surface area contributed by atoms with Gasteiger partial charge in [0.15, 0.2) is 0 Å². The number of nitro groups is 1. The van der Waals surface area contributed by atoms with Crippen molar-refractivity contribution >= 4 is 22.9 Å². The van der Waals surface area contributed by atoms with Crippen LogP contribution >= 0.6 is 11.6 Å². The molecule has 0 amide bonds. The molecule has 33 heavy (non-hydrogen) atoms. The molecule has 8 heteroatoms. The van der Waals surface area contributed by atoms with Gasteiger partial charge in [-0.15, -0.1) is 0 Å². The number of hydrogen-bond donors (Lipinski definition) is 1. The Bertz CT molecular complexity index is 1520. The van der Waals surface area contributed by atoms with E-state index in [0.717, 1.165) is 22.4 Å².